The summed E-state index contributed by atoms with van der Waals surface area (Å²) in [5.41, 5.74) is 15.7. The highest BCUT2D eigenvalue weighted by atomic mass is 16.3. The molecule has 0 N–H and O–H groups in total. The molecule has 3 heteroatoms. The van der Waals surface area contributed by atoms with Crippen molar-refractivity contribution in [2.45, 2.75) is 31.1 Å². The highest BCUT2D eigenvalue weighted by molar-refractivity contribution is 6.21. The van der Waals surface area contributed by atoms with Crippen molar-refractivity contribution in [2.75, 3.05) is 4.90 Å². The van der Waals surface area contributed by atoms with Crippen LogP contribution in [-0.2, 0) is 5.41 Å². The molecule has 0 radical (unpaired) electrons. The predicted octanol–water partition coefficient (Wildman–Crippen LogP) is 16.6. The monoisotopic (exact) mass is 834 g/mol. The molecule has 9 aromatic carbocycles. The van der Waals surface area contributed by atoms with Gasteiger partial charge in [0, 0.05) is 55.1 Å². The van der Waals surface area contributed by atoms with Crippen LogP contribution in [0.1, 0.15) is 31.2 Å². The molecule has 2 heterocycles. The summed E-state index contributed by atoms with van der Waals surface area (Å²) in [4.78, 5) is 2.56. The topological polar surface area (TPSA) is 21.3 Å². The van der Waals surface area contributed by atoms with Crippen LogP contribution in [0.5, 0.6) is 0 Å². The van der Waals surface area contributed by atoms with Gasteiger partial charge in [0.15, 0.2) is 0 Å². The quantitative estimate of drug-likeness (QED) is 0.159. The Morgan fingerprint density at radius 2 is 1.12 bits per heavy atom. The van der Waals surface area contributed by atoms with Crippen molar-refractivity contribution in [3.8, 4) is 27.9 Å². The number of rotatable bonds is 7. The van der Waals surface area contributed by atoms with E-state index in [0.29, 0.717) is 0 Å². The van der Waals surface area contributed by atoms with Gasteiger partial charge >= 0.3 is 0 Å². The number of fused-ring (bicyclic) bond motifs is 8. The van der Waals surface area contributed by atoms with E-state index >= 15 is 0 Å². The van der Waals surface area contributed by atoms with Gasteiger partial charge in [-0.15, -0.1) is 0 Å². The lowest BCUT2D eigenvalue weighted by Gasteiger charge is -2.52. The van der Waals surface area contributed by atoms with Crippen LogP contribution in [0.3, 0.4) is 0 Å². The maximum atomic E-state index is 6.52. The van der Waals surface area contributed by atoms with E-state index in [0.717, 1.165) is 62.7 Å². The molecule has 0 bridgehead atoms. The van der Waals surface area contributed by atoms with Gasteiger partial charge in [0.25, 0.3) is 0 Å². The van der Waals surface area contributed by atoms with E-state index in [-0.39, 0.29) is 5.41 Å². The average Bonchev–Trinajstić information content (AvgIpc) is 4.02. The van der Waals surface area contributed by atoms with Crippen LogP contribution in [0.25, 0.3) is 82.5 Å². The third-order valence-corrected chi connectivity index (χ3v) is 16.8. The molecule has 0 amide bonds. The van der Waals surface area contributed by atoms with Crippen molar-refractivity contribution in [2.24, 2.45) is 29.6 Å². The molecule has 0 spiro atoms. The van der Waals surface area contributed by atoms with E-state index in [2.05, 4.69) is 210 Å². The van der Waals surface area contributed by atoms with E-state index in [1.807, 2.05) is 0 Å². The minimum Gasteiger partial charge on any atom is -0.455 e. The Kier molecular flexibility index (Phi) is 7.40. The molecule has 310 valence electrons. The summed E-state index contributed by atoms with van der Waals surface area (Å²) in [6, 6.07) is 74.2. The Balaban J connectivity index is 0.870. The summed E-state index contributed by atoms with van der Waals surface area (Å²) in [6.07, 6.45) is 5.63. The van der Waals surface area contributed by atoms with Gasteiger partial charge in [-0.1, -0.05) is 146 Å². The standard InChI is InChI=1S/C62H46N2O/c1-2-14-47-38(12-1)28-33-56-59(47)51-16-4-8-21-54(51)64(56)53-20-7-3-13-46(53)39-24-29-44(30-25-39)63(55-22-9-6-19-52(55)62-36-42-34-41-35-43(37-62)60(62)58(41)42)45-31-26-40(27-32-45)48-17-11-18-50-49-15-5-10-23-57(49)65-61(48)50/h1-33,41-43,58,60H,34-37H2/t41-,42?,43?,58+,60?,62-/m1/s1. The highest BCUT2D eigenvalue weighted by Gasteiger charge is 2.73. The zero-order chi connectivity index (χ0) is 42.4. The predicted molar refractivity (Wildman–Crippen MR) is 269 cm³/mol. The minimum atomic E-state index is 0.281. The van der Waals surface area contributed by atoms with Crippen molar-refractivity contribution < 1.29 is 4.42 Å². The smallest absolute Gasteiger partial charge is 0.143 e. The summed E-state index contributed by atoms with van der Waals surface area (Å²) in [6.45, 7) is 0. The second-order valence-electron chi connectivity index (χ2n) is 19.7. The van der Waals surface area contributed by atoms with Crippen molar-refractivity contribution in [3.63, 3.8) is 0 Å². The Bertz CT molecular complexity index is 3720. The molecular weight excluding hydrogens is 789 g/mol. The van der Waals surface area contributed by atoms with E-state index in [1.54, 1.807) is 5.56 Å². The van der Waals surface area contributed by atoms with Gasteiger partial charge in [-0.05, 0) is 137 Å². The number of para-hydroxylation sites is 5. The maximum absolute atomic E-state index is 6.52. The molecule has 3 nitrogen and oxygen atoms in total. The number of anilines is 3. The van der Waals surface area contributed by atoms with Crippen molar-refractivity contribution in [1.82, 2.24) is 4.57 Å². The number of nitrogens with zero attached hydrogens (tertiary/aromatic N) is 2. The Morgan fingerprint density at radius 3 is 1.98 bits per heavy atom. The Labute approximate surface area is 378 Å². The number of hydrogen-bond donors (Lipinski definition) is 0. The van der Waals surface area contributed by atoms with Gasteiger partial charge in [-0.25, -0.2) is 0 Å². The molecule has 2 aromatic heterocycles. The Morgan fingerprint density at radius 1 is 0.477 bits per heavy atom. The SMILES string of the molecule is c1ccc(-n2c3ccccc3c3c4ccccc4ccc32)c(-c2ccc(N(c3ccc(-c4cccc5c4oc4ccccc45)cc3)c3ccccc3[C@]34CC5C[C@H]6CC(C3)[C@H]6C54)cc2)c1. The lowest BCUT2D eigenvalue weighted by molar-refractivity contribution is 0.0688. The van der Waals surface area contributed by atoms with E-state index in [4.69, 9.17) is 4.42 Å². The maximum Gasteiger partial charge on any atom is 0.143 e. The lowest BCUT2D eigenvalue weighted by Crippen LogP contribution is -2.47. The van der Waals surface area contributed by atoms with E-state index in [9.17, 15) is 0 Å². The Hall–Kier alpha value is -7.36. The normalized spacial score (nSPS) is 22.7. The minimum absolute atomic E-state index is 0.281. The second kappa shape index (κ2) is 13.3. The molecule has 4 saturated carbocycles. The van der Waals surface area contributed by atoms with Crippen molar-refractivity contribution in [1.29, 1.82) is 0 Å². The zero-order valence-electron chi connectivity index (χ0n) is 36.1. The van der Waals surface area contributed by atoms with Gasteiger partial charge in [-0.3, -0.25) is 0 Å². The molecule has 6 atom stereocenters. The molecule has 4 aliphatic rings. The molecule has 65 heavy (non-hydrogen) atoms. The lowest BCUT2D eigenvalue weighted by atomic mass is 9.53. The first kappa shape index (κ1) is 36.0. The van der Waals surface area contributed by atoms with Gasteiger partial charge < -0.3 is 13.9 Å². The molecular formula is C62H46N2O. The van der Waals surface area contributed by atoms with Crippen LogP contribution in [0.4, 0.5) is 17.1 Å². The molecule has 4 aliphatic carbocycles. The van der Waals surface area contributed by atoms with Crippen LogP contribution in [-0.4, -0.2) is 4.57 Å². The third kappa shape index (κ3) is 4.96. The number of aromatic nitrogens is 1. The van der Waals surface area contributed by atoms with Crippen LogP contribution in [0.2, 0.25) is 0 Å². The fourth-order valence-electron chi connectivity index (χ4n) is 14.3. The largest absolute Gasteiger partial charge is 0.455 e. The third-order valence-electron chi connectivity index (χ3n) is 16.8. The first-order valence-electron chi connectivity index (χ1n) is 23.7. The molecule has 0 saturated heterocycles. The second-order valence-corrected chi connectivity index (χ2v) is 19.7. The summed E-state index contributed by atoms with van der Waals surface area (Å²) < 4.78 is 8.99. The molecule has 15 rings (SSSR count). The average molecular weight is 835 g/mol. The summed E-state index contributed by atoms with van der Waals surface area (Å²) in [7, 11) is 0. The van der Waals surface area contributed by atoms with E-state index < -0.39 is 0 Å². The number of benzene rings is 9. The fraction of sp³-hybridized carbons (Fsp3) is 0.161. The first-order valence-corrected chi connectivity index (χ1v) is 23.7. The molecule has 11 aromatic rings. The van der Waals surface area contributed by atoms with Gasteiger partial charge in [0.05, 0.1) is 16.7 Å². The summed E-state index contributed by atoms with van der Waals surface area (Å²) in [5, 5.41) is 7.45. The fourth-order valence-corrected chi connectivity index (χ4v) is 14.3. The molecule has 3 unspecified atom stereocenters. The van der Waals surface area contributed by atoms with Gasteiger partial charge in [0.2, 0.25) is 0 Å². The summed E-state index contributed by atoms with van der Waals surface area (Å²) >= 11 is 0. The van der Waals surface area contributed by atoms with Crippen LogP contribution >= 0.6 is 0 Å². The number of furan rings is 1. The van der Waals surface area contributed by atoms with Crippen LogP contribution in [0, 0.1) is 29.6 Å². The molecule has 0 aliphatic heterocycles. The van der Waals surface area contributed by atoms with E-state index in [1.165, 1.54) is 92.1 Å². The van der Waals surface area contributed by atoms with Crippen molar-refractivity contribution in [3.05, 3.63) is 206 Å². The van der Waals surface area contributed by atoms with Gasteiger partial charge in [-0.2, -0.15) is 0 Å². The summed E-state index contributed by atoms with van der Waals surface area (Å²) in [5.74, 6) is 4.59. The van der Waals surface area contributed by atoms with Gasteiger partial charge in [0.1, 0.15) is 11.2 Å². The van der Waals surface area contributed by atoms with Crippen LogP contribution in [0.15, 0.2) is 205 Å². The number of hydrogen-bond acceptors (Lipinski definition) is 2. The molecule has 4 fully saturated rings. The zero-order valence-corrected chi connectivity index (χ0v) is 36.1. The first-order chi connectivity index (χ1) is 32.2. The van der Waals surface area contributed by atoms with Crippen LogP contribution < -0.4 is 4.90 Å². The van der Waals surface area contributed by atoms with Crippen molar-refractivity contribution >= 4 is 71.6 Å². The highest BCUT2D eigenvalue weighted by Crippen LogP contribution is 2.79.